The van der Waals surface area contributed by atoms with E-state index in [1.165, 1.54) is 7.11 Å². The third-order valence-electron chi connectivity index (χ3n) is 1.59. The predicted octanol–water partition coefficient (Wildman–Crippen LogP) is 0.256. The molecule has 5 heteroatoms. The number of methoxy groups -OCH3 is 2. The van der Waals surface area contributed by atoms with Crippen LogP contribution in [0.15, 0.2) is 6.07 Å². The topological polar surface area (TPSA) is 70.3 Å². The molecule has 0 amide bonds. The fraction of sp³-hybridized carbons (Fsp3) is 0.500. The van der Waals surface area contributed by atoms with Gasteiger partial charge in [-0.1, -0.05) is 0 Å². The Kier molecular flexibility index (Phi) is 3.45. The number of nitrogens with two attached hydrogens (primary N) is 1. The van der Waals surface area contributed by atoms with Crippen molar-refractivity contribution in [1.29, 1.82) is 0 Å². The van der Waals surface area contributed by atoms with Crippen molar-refractivity contribution < 1.29 is 9.47 Å². The molecule has 0 fully saturated rings. The minimum absolute atomic E-state index is 0.362. The third kappa shape index (κ3) is 2.55. The van der Waals surface area contributed by atoms with E-state index in [0.29, 0.717) is 24.6 Å². The van der Waals surface area contributed by atoms with Gasteiger partial charge in [0.05, 0.1) is 25.1 Å². The first kappa shape index (κ1) is 9.73. The Bertz CT molecular complexity index is 278. The van der Waals surface area contributed by atoms with Gasteiger partial charge < -0.3 is 15.2 Å². The lowest BCUT2D eigenvalue weighted by atomic mass is 10.3. The lowest BCUT2D eigenvalue weighted by Gasteiger charge is -2.03. The SMILES string of the molecule is COCCc1cc(N)c(OC)nn1. The number of anilines is 1. The van der Waals surface area contributed by atoms with Gasteiger partial charge in [0.25, 0.3) is 5.88 Å². The second kappa shape index (κ2) is 4.61. The van der Waals surface area contributed by atoms with Crippen LogP contribution in [0, 0.1) is 0 Å². The van der Waals surface area contributed by atoms with Crippen molar-refractivity contribution in [2.75, 3.05) is 26.6 Å². The maximum atomic E-state index is 5.64. The molecule has 0 unspecified atom stereocenters. The van der Waals surface area contributed by atoms with Gasteiger partial charge >= 0.3 is 0 Å². The summed E-state index contributed by atoms with van der Waals surface area (Å²) in [5.74, 6) is 0.362. The van der Waals surface area contributed by atoms with Crippen LogP contribution < -0.4 is 10.5 Å². The summed E-state index contributed by atoms with van der Waals surface area (Å²) in [7, 11) is 3.15. The lowest BCUT2D eigenvalue weighted by Crippen LogP contribution is -2.03. The van der Waals surface area contributed by atoms with E-state index in [1.54, 1.807) is 13.2 Å². The van der Waals surface area contributed by atoms with E-state index in [-0.39, 0.29) is 0 Å². The van der Waals surface area contributed by atoms with E-state index < -0.39 is 0 Å². The quantitative estimate of drug-likeness (QED) is 0.724. The number of hydrogen-bond acceptors (Lipinski definition) is 5. The zero-order chi connectivity index (χ0) is 9.68. The van der Waals surface area contributed by atoms with Crippen LogP contribution in [0.25, 0.3) is 0 Å². The van der Waals surface area contributed by atoms with Gasteiger partial charge in [0.2, 0.25) is 0 Å². The fourth-order valence-corrected chi connectivity index (χ4v) is 0.925. The van der Waals surface area contributed by atoms with Crippen molar-refractivity contribution in [2.45, 2.75) is 6.42 Å². The molecule has 0 aromatic carbocycles. The van der Waals surface area contributed by atoms with Crippen molar-refractivity contribution in [1.82, 2.24) is 10.2 Å². The van der Waals surface area contributed by atoms with E-state index in [2.05, 4.69) is 10.2 Å². The van der Waals surface area contributed by atoms with Gasteiger partial charge in [0.15, 0.2) is 0 Å². The van der Waals surface area contributed by atoms with Crippen molar-refractivity contribution in [3.05, 3.63) is 11.8 Å². The van der Waals surface area contributed by atoms with E-state index in [9.17, 15) is 0 Å². The Morgan fingerprint density at radius 2 is 2.15 bits per heavy atom. The third-order valence-corrected chi connectivity index (χ3v) is 1.59. The van der Waals surface area contributed by atoms with E-state index >= 15 is 0 Å². The highest BCUT2D eigenvalue weighted by Crippen LogP contribution is 2.16. The Balaban J connectivity index is 2.71. The van der Waals surface area contributed by atoms with Gasteiger partial charge in [-0.2, -0.15) is 5.10 Å². The number of nitrogens with zero attached hydrogens (tertiary/aromatic N) is 2. The van der Waals surface area contributed by atoms with Crippen molar-refractivity contribution >= 4 is 5.69 Å². The number of rotatable bonds is 4. The molecule has 0 spiro atoms. The Morgan fingerprint density at radius 1 is 1.38 bits per heavy atom. The highest BCUT2D eigenvalue weighted by atomic mass is 16.5. The predicted molar refractivity (Wildman–Crippen MR) is 48.6 cm³/mol. The van der Waals surface area contributed by atoms with Crippen LogP contribution in [-0.2, 0) is 11.2 Å². The van der Waals surface area contributed by atoms with E-state index in [1.807, 2.05) is 0 Å². The average Bonchev–Trinajstić information content (AvgIpc) is 2.15. The molecule has 72 valence electrons. The molecule has 1 aromatic heterocycles. The van der Waals surface area contributed by atoms with Gasteiger partial charge in [-0.15, -0.1) is 5.10 Å². The van der Waals surface area contributed by atoms with Crippen molar-refractivity contribution in [3.8, 4) is 5.88 Å². The standard InChI is InChI=1S/C8H13N3O2/c1-12-4-3-6-5-7(9)8(13-2)11-10-6/h5H,3-4H2,1-2H3,(H2,9,10). The van der Waals surface area contributed by atoms with Crippen LogP contribution in [0.1, 0.15) is 5.69 Å². The number of ether oxygens (including phenoxy) is 2. The Morgan fingerprint density at radius 3 is 2.69 bits per heavy atom. The molecule has 0 aliphatic rings. The smallest absolute Gasteiger partial charge is 0.256 e. The highest BCUT2D eigenvalue weighted by molar-refractivity contribution is 5.47. The fourth-order valence-electron chi connectivity index (χ4n) is 0.925. The van der Waals surface area contributed by atoms with Crippen LogP contribution in [0.4, 0.5) is 5.69 Å². The van der Waals surface area contributed by atoms with Crippen LogP contribution in [0.5, 0.6) is 5.88 Å². The maximum absolute atomic E-state index is 5.64. The summed E-state index contributed by atoms with van der Waals surface area (Å²) < 4.78 is 9.78. The van der Waals surface area contributed by atoms with Crippen LogP contribution >= 0.6 is 0 Å². The molecular weight excluding hydrogens is 170 g/mol. The van der Waals surface area contributed by atoms with Crippen molar-refractivity contribution in [3.63, 3.8) is 0 Å². The summed E-state index contributed by atoms with van der Waals surface area (Å²) >= 11 is 0. The second-order valence-electron chi connectivity index (χ2n) is 2.54. The molecule has 1 heterocycles. The monoisotopic (exact) mass is 183 g/mol. The minimum atomic E-state index is 0.362. The molecule has 0 saturated carbocycles. The van der Waals surface area contributed by atoms with Crippen LogP contribution in [0.3, 0.4) is 0 Å². The minimum Gasteiger partial charge on any atom is -0.478 e. The lowest BCUT2D eigenvalue weighted by molar-refractivity contribution is 0.201. The largest absolute Gasteiger partial charge is 0.478 e. The zero-order valence-electron chi connectivity index (χ0n) is 7.78. The second-order valence-corrected chi connectivity index (χ2v) is 2.54. The molecule has 0 bridgehead atoms. The van der Waals surface area contributed by atoms with Gasteiger partial charge in [-0.25, -0.2) is 0 Å². The summed E-state index contributed by atoms with van der Waals surface area (Å²) in [5, 5.41) is 7.71. The Labute approximate surface area is 76.9 Å². The zero-order valence-corrected chi connectivity index (χ0v) is 7.78. The first-order valence-corrected chi connectivity index (χ1v) is 3.93. The molecule has 0 aliphatic carbocycles. The molecule has 1 rings (SSSR count). The normalized spacial score (nSPS) is 10.0. The first-order chi connectivity index (χ1) is 6.27. The van der Waals surface area contributed by atoms with Gasteiger partial charge in [-0.05, 0) is 6.07 Å². The molecule has 1 aromatic rings. The molecule has 0 aliphatic heterocycles. The summed E-state index contributed by atoms with van der Waals surface area (Å²) in [6, 6.07) is 1.74. The molecule has 2 N–H and O–H groups in total. The number of aromatic nitrogens is 2. The summed E-state index contributed by atoms with van der Waals surface area (Å²) in [6.45, 7) is 0.612. The molecule has 5 nitrogen and oxygen atoms in total. The summed E-state index contributed by atoms with van der Waals surface area (Å²) in [5.41, 5.74) is 6.94. The van der Waals surface area contributed by atoms with Crippen LogP contribution in [-0.4, -0.2) is 31.0 Å². The molecule has 0 saturated heterocycles. The van der Waals surface area contributed by atoms with E-state index in [4.69, 9.17) is 15.2 Å². The first-order valence-electron chi connectivity index (χ1n) is 3.93. The average molecular weight is 183 g/mol. The highest BCUT2D eigenvalue weighted by Gasteiger charge is 2.03. The van der Waals surface area contributed by atoms with Gasteiger partial charge in [0, 0.05) is 13.5 Å². The summed E-state index contributed by atoms with van der Waals surface area (Å²) in [6.07, 6.45) is 0.706. The molecular formula is C8H13N3O2. The van der Waals surface area contributed by atoms with Gasteiger partial charge in [-0.3, -0.25) is 0 Å². The molecule has 13 heavy (non-hydrogen) atoms. The molecule has 0 radical (unpaired) electrons. The Hall–Kier alpha value is -1.36. The number of hydrogen-bond donors (Lipinski definition) is 1. The van der Waals surface area contributed by atoms with E-state index in [0.717, 1.165) is 5.69 Å². The summed E-state index contributed by atoms with van der Waals surface area (Å²) in [4.78, 5) is 0. The van der Waals surface area contributed by atoms with Crippen LogP contribution in [0.2, 0.25) is 0 Å². The van der Waals surface area contributed by atoms with Gasteiger partial charge in [0.1, 0.15) is 0 Å². The maximum Gasteiger partial charge on any atom is 0.256 e. The molecule has 0 atom stereocenters. The number of nitrogen functional groups attached to an aromatic ring is 1. The van der Waals surface area contributed by atoms with Crippen molar-refractivity contribution in [2.24, 2.45) is 0 Å².